The third kappa shape index (κ3) is 1.52. The van der Waals surface area contributed by atoms with Crippen molar-refractivity contribution in [2.45, 2.75) is 11.8 Å². The van der Waals surface area contributed by atoms with Crippen LogP contribution in [0.2, 0.25) is 0 Å². The Morgan fingerprint density at radius 2 is 2.07 bits per heavy atom. The molecule has 0 amide bonds. The van der Waals surface area contributed by atoms with Gasteiger partial charge in [0.15, 0.2) is 6.19 Å². The van der Waals surface area contributed by atoms with Crippen LogP contribution in [-0.4, -0.2) is 26.9 Å². The average molecular weight is 206 g/mol. The fraction of sp³-hybridized carbons (Fsp3) is 0.286. The van der Waals surface area contributed by atoms with Crippen molar-refractivity contribution in [3.8, 4) is 6.19 Å². The van der Waals surface area contributed by atoms with E-state index >= 15 is 0 Å². The van der Waals surface area contributed by atoms with E-state index in [9.17, 15) is 13.2 Å². The van der Waals surface area contributed by atoms with Gasteiger partial charge in [0.2, 0.25) is 11.5 Å². The number of hydrogen-bond acceptors (Lipinski definition) is 4. The molecule has 1 aliphatic heterocycles. The first-order valence-corrected chi connectivity index (χ1v) is 3.39. The highest BCUT2D eigenvalue weighted by Crippen LogP contribution is 2.35. The minimum atomic E-state index is -4.93. The van der Waals surface area contributed by atoms with Gasteiger partial charge in [0.05, 0.1) is 0 Å². The Balaban J connectivity index is 3.06. The number of halogens is 3. The maximum Gasteiger partial charge on any atom is 0.424 e. The van der Waals surface area contributed by atoms with E-state index in [1.165, 1.54) is 6.19 Å². The molecule has 1 aliphatic rings. The zero-order chi connectivity index (χ0) is 11.0. The maximum absolute atomic E-state index is 12.2. The zero-order valence-corrected chi connectivity index (χ0v) is 6.65. The molecule has 2 N–H and O–H groups in total. The van der Waals surface area contributed by atoms with Crippen LogP contribution in [0.1, 0.15) is 0 Å². The summed E-state index contributed by atoms with van der Waals surface area (Å²) in [5.74, 6) is -0.963. The Labute approximate surface area is 76.8 Å². The average Bonchev–Trinajstić information content (AvgIpc) is 2.02. The topological polar surface area (TPSA) is 67.5 Å². The van der Waals surface area contributed by atoms with Gasteiger partial charge >= 0.3 is 6.18 Å². The first-order valence-electron chi connectivity index (χ1n) is 3.39. The van der Waals surface area contributed by atoms with E-state index < -0.39 is 17.7 Å². The Morgan fingerprint density at radius 3 is 2.43 bits per heavy atom. The molecule has 0 aromatic carbocycles. The van der Waals surface area contributed by atoms with Gasteiger partial charge in [-0.2, -0.15) is 18.4 Å². The van der Waals surface area contributed by atoms with Crippen molar-refractivity contribution < 1.29 is 23.4 Å². The van der Waals surface area contributed by atoms with Crippen LogP contribution in [0.15, 0.2) is 24.2 Å². The lowest BCUT2D eigenvalue weighted by Crippen LogP contribution is -2.44. The molecule has 0 radical (unpaired) electrons. The molecule has 0 aromatic rings. The van der Waals surface area contributed by atoms with Crippen LogP contribution in [-0.2, 0) is 0 Å². The van der Waals surface area contributed by atoms with E-state index in [0.717, 1.165) is 0 Å². The summed E-state index contributed by atoms with van der Waals surface area (Å²) < 4.78 is 36.5. The first kappa shape index (κ1) is 10.4. The third-order valence-electron chi connectivity index (χ3n) is 1.64. The highest BCUT2D eigenvalue weighted by atomic mass is 19.4. The summed E-state index contributed by atoms with van der Waals surface area (Å²) in [4.78, 5) is 0.486. The molecule has 0 aliphatic carbocycles. The Morgan fingerprint density at radius 1 is 1.50 bits per heavy atom. The molecule has 0 spiro atoms. The molecular weight excluding hydrogens is 201 g/mol. The summed E-state index contributed by atoms with van der Waals surface area (Å²) in [7, 11) is 0. The number of alkyl halides is 3. The van der Waals surface area contributed by atoms with E-state index in [2.05, 4.69) is 0 Å². The van der Waals surface area contributed by atoms with Crippen LogP contribution in [0.5, 0.6) is 0 Å². The van der Waals surface area contributed by atoms with E-state index in [-0.39, 0.29) is 6.08 Å². The Hall–Kier alpha value is -1.68. The number of rotatable bonds is 0. The molecular formula is C7H5F3N2O2. The Kier molecular flexibility index (Phi) is 2.17. The van der Waals surface area contributed by atoms with Gasteiger partial charge < -0.3 is 10.2 Å². The monoisotopic (exact) mass is 206 g/mol. The Bertz CT molecular complexity index is 342. The van der Waals surface area contributed by atoms with Gasteiger partial charge in [-0.15, -0.1) is 0 Å². The van der Waals surface area contributed by atoms with Crippen LogP contribution in [0.3, 0.4) is 0 Å². The normalized spacial score (nSPS) is 27.1. The van der Waals surface area contributed by atoms with Gasteiger partial charge in [-0.1, -0.05) is 0 Å². The van der Waals surface area contributed by atoms with Gasteiger partial charge in [-0.25, -0.2) is 4.90 Å². The van der Waals surface area contributed by atoms with Crippen LogP contribution in [0.25, 0.3) is 0 Å². The van der Waals surface area contributed by atoms with Crippen molar-refractivity contribution in [1.29, 1.82) is 5.26 Å². The van der Waals surface area contributed by atoms with Gasteiger partial charge in [-0.05, 0) is 6.08 Å². The second-order valence-corrected chi connectivity index (χ2v) is 2.61. The predicted octanol–water partition coefficient (Wildman–Crippen LogP) is 0.990. The molecule has 1 atom stereocenters. The van der Waals surface area contributed by atoms with Gasteiger partial charge in [-0.3, -0.25) is 0 Å². The number of aliphatic hydroxyl groups is 2. The minimum Gasteiger partial charge on any atom is -0.494 e. The second kappa shape index (κ2) is 2.92. The van der Waals surface area contributed by atoms with Crippen LogP contribution >= 0.6 is 0 Å². The second-order valence-electron chi connectivity index (χ2n) is 2.61. The van der Waals surface area contributed by atoms with Crippen molar-refractivity contribution in [1.82, 2.24) is 4.90 Å². The molecule has 76 valence electrons. The molecule has 1 unspecified atom stereocenters. The zero-order valence-electron chi connectivity index (χ0n) is 6.65. The largest absolute Gasteiger partial charge is 0.494 e. The lowest BCUT2D eigenvalue weighted by Gasteiger charge is -2.28. The molecule has 0 saturated carbocycles. The maximum atomic E-state index is 12.2. The molecule has 0 bridgehead atoms. The van der Waals surface area contributed by atoms with Crippen molar-refractivity contribution in [3.63, 3.8) is 0 Å². The standard InChI is InChI=1S/C7H5F3N2O2/c8-7(9,10)6(14)1-2-12(4-11)5(13)3-6/h1-3,13-14H. The predicted molar refractivity (Wildman–Crippen MR) is 38.3 cm³/mol. The highest BCUT2D eigenvalue weighted by Gasteiger charge is 2.52. The van der Waals surface area contributed by atoms with Crippen molar-refractivity contribution in [2.75, 3.05) is 0 Å². The van der Waals surface area contributed by atoms with E-state index in [4.69, 9.17) is 15.5 Å². The molecule has 0 fully saturated rings. The number of aliphatic hydroxyl groups excluding tert-OH is 1. The van der Waals surface area contributed by atoms with Gasteiger partial charge in [0.1, 0.15) is 0 Å². The lowest BCUT2D eigenvalue weighted by molar-refractivity contribution is -0.222. The van der Waals surface area contributed by atoms with Crippen molar-refractivity contribution >= 4 is 0 Å². The smallest absolute Gasteiger partial charge is 0.424 e. The molecule has 1 heterocycles. The first-order chi connectivity index (χ1) is 6.30. The highest BCUT2D eigenvalue weighted by molar-refractivity contribution is 5.26. The van der Waals surface area contributed by atoms with Gasteiger partial charge in [0.25, 0.3) is 0 Å². The van der Waals surface area contributed by atoms with Gasteiger partial charge in [0, 0.05) is 12.3 Å². The molecule has 14 heavy (non-hydrogen) atoms. The van der Waals surface area contributed by atoms with E-state index in [1.54, 1.807) is 0 Å². The van der Waals surface area contributed by atoms with Crippen LogP contribution < -0.4 is 0 Å². The molecule has 1 rings (SSSR count). The van der Waals surface area contributed by atoms with Crippen LogP contribution in [0.4, 0.5) is 13.2 Å². The van der Waals surface area contributed by atoms with Crippen molar-refractivity contribution in [2.24, 2.45) is 0 Å². The summed E-state index contributed by atoms with van der Waals surface area (Å²) in [6.45, 7) is 0. The lowest BCUT2D eigenvalue weighted by atomic mass is 10.0. The quantitative estimate of drug-likeness (QED) is 0.580. The SMILES string of the molecule is N#CN1C=CC(O)(C(F)(F)F)C=C1O. The summed E-state index contributed by atoms with van der Waals surface area (Å²) in [5.41, 5.74) is -3.22. The number of hydrogen-bond donors (Lipinski definition) is 2. The minimum absolute atomic E-state index is 0.149. The summed E-state index contributed by atoms with van der Waals surface area (Å²) in [5, 5.41) is 26.2. The van der Waals surface area contributed by atoms with Crippen molar-refractivity contribution in [3.05, 3.63) is 24.2 Å². The molecule has 7 heteroatoms. The third-order valence-corrected chi connectivity index (χ3v) is 1.64. The fourth-order valence-electron chi connectivity index (χ4n) is 0.840. The number of nitriles is 1. The fourth-order valence-corrected chi connectivity index (χ4v) is 0.840. The number of nitrogens with zero attached hydrogens (tertiary/aromatic N) is 2. The summed E-state index contributed by atoms with van der Waals surface area (Å²) in [6.07, 6.45) is -2.38. The summed E-state index contributed by atoms with van der Waals surface area (Å²) >= 11 is 0. The van der Waals surface area contributed by atoms with E-state index in [1.807, 2.05) is 0 Å². The molecule has 0 saturated heterocycles. The van der Waals surface area contributed by atoms with Crippen LogP contribution in [0, 0.1) is 11.5 Å². The van der Waals surface area contributed by atoms with E-state index in [0.29, 0.717) is 17.2 Å². The summed E-state index contributed by atoms with van der Waals surface area (Å²) in [6, 6.07) is 0. The molecule has 0 aromatic heterocycles. The molecule has 4 nitrogen and oxygen atoms in total.